The lowest BCUT2D eigenvalue weighted by Crippen LogP contribution is -2.30. The average molecular weight is 350 g/mol. The van der Waals surface area contributed by atoms with Gasteiger partial charge in [0.15, 0.2) is 0 Å². The van der Waals surface area contributed by atoms with Crippen LogP contribution in [-0.4, -0.2) is 43.1 Å². The van der Waals surface area contributed by atoms with Crippen LogP contribution in [-0.2, 0) is 14.8 Å². The standard InChI is InChI=1S/C13H16ClNO4S2/c1-8-6-15(7-10(8)13(16)17)21(18,19)9-3-4-12(20-2)11(14)5-9/h3-5,8,10H,6-7H2,1-2H3,(H,16,17)/t8-,10-/m1/s1. The Bertz CT molecular complexity index is 662. The van der Waals surface area contributed by atoms with Crippen molar-refractivity contribution in [2.45, 2.75) is 16.7 Å². The number of hydrogen-bond donors (Lipinski definition) is 1. The van der Waals surface area contributed by atoms with Gasteiger partial charge in [-0.3, -0.25) is 4.79 Å². The van der Waals surface area contributed by atoms with Gasteiger partial charge in [0.05, 0.1) is 15.8 Å². The third-order valence-electron chi connectivity index (χ3n) is 3.66. The first-order valence-corrected chi connectivity index (χ1v) is 9.38. The van der Waals surface area contributed by atoms with Crippen LogP contribution in [0.15, 0.2) is 28.0 Å². The molecule has 0 aromatic heterocycles. The van der Waals surface area contributed by atoms with Gasteiger partial charge in [-0.1, -0.05) is 18.5 Å². The zero-order valence-electron chi connectivity index (χ0n) is 11.6. The second-order valence-corrected chi connectivity index (χ2v) is 8.23. The normalized spacial score (nSPS) is 23.4. The summed E-state index contributed by atoms with van der Waals surface area (Å²) < 4.78 is 26.4. The maximum Gasteiger partial charge on any atom is 0.308 e. The largest absolute Gasteiger partial charge is 0.481 e. The molecule has 0 spiro atoms. The Morgan fingerprint density at radius 1 is 1.43 bits per heavy atom. The van der Waals surface area contributed by atoms with E-state index in [1.165, 1.54) is 28.2 Å². The fourth-order valence-electron chi connectivity index (χ4n) is 2.40. The topological polar surface area (TPSA) is 74.7 Å². The highest BCUT2D eigenvalue weighted by Gasteiger charge is 2.40. The molecule has 1 saturated heterocycles. The monoisotopic (exact) mass is 349 g/mol. The molecule has 0 bridgehead atoms. The summed E-state index contributed by atoms with van der Waals surface area (Å²) in [4.78, 5) is 12.0. The number of carboxylic acids is 1. The Kier molecular flexibility index (Phi) is 4.87. The van der Waals surface area contributed by atoms with Crippen molar-refractivity contribution in [3.8, 4) is 0 Å². The van der Waals surface area contributed by atoms with E-state index >= 15 is 0 Å². The van der Waals surface area contributed by atoms with Crippen molar-refractivity contribution in [3.63, 3.8) is 0 Å². The number of aliphatic carboxylic acids is 1. The molecule has 0 saturated carbocycles. The minimum Gasteiger partial charge on any atom is -0.481 e. The van der Waals surface area contributed by atoms with E-state index in [4.69, 9.17) is 16.7 Å². The summed E-state index contributed by atoms with van der Waals surface area (Å²) in [5, 5.41) is 9.48. The van der Waals surface area contributed by atoms with Crippen molar-refractivity contribution in [1.29, 1.82) is 0 Å². The molecule has 5 nitrogen and oxygen atoms in total. The van der Waals surface area contributed by atoms with Gasteiger partial charge in [0.25, 0.3) is 0 Å². The summed E-state index contributed by atoms with van der Waals surface area (Å²) >= 11 is 7.49. The summed E-state index contributed by atoms with van der Waals surface area (Å²) in [6, 6.07) is 4.58. The Morgan fingerprint density at radius 3 is 2.57 bits per heavy atom. The molecule has 0 aliphatic carbocycles. The van der Waals surface area contributed by atoms with Crippen molar-refractivity contribution >= 4 is 39.4 Å². The van der Waals surface area contributed by atoms with Gasteiger partial charge >= 0.3 is 5.97 Å². The molecule has 1 fully saturated rings. The first kappa shape index (κ1) is 16.6. The zero-order valence-corrected chi connectivity index (χ0v) is 14.0. The molecule has 2 atom stereocenters. The molecular weight excluding hydrogens is 334 g/mol. The van der Waals surface area contributed by atoms with Gasteiger partial charge in [-0.25, -0.2) is 8.42 Å². The van der Waals surface area contributed by atoms with Crippen LogP contribution >= 0.6 is 23.4 Å². The molecule has 0 amide bonds. The first-order valence-electron chi connectivity index (χ1n) is 6.34. The summed E-state index contributed by atoms with van der Waals surface area (Å²) in [5.41, 5.74) is 0. The van der Waals surface area contributed by atoms with Gasteiger partial charge in [-0.2, -0.15) is 4.31 Å². The van der Waals surface area contributed by atoms with Crippen LogP contribution in [0.4, 0.5) is 0 Å². The highest BCUT2D eigenvalue weighted by atomic mass is 35.5. The van der Waals surface area contributed by atoms with Gasteiger partial charge in [-0.15, -0.1) is 11.8 Å². The molecule has 1 heterocycles. The van der Waals surface area contributed by atoms with Crippen LogP contribution in [0.1, 0.15) is 6.92 Å². The van der Waals surface area contributed by atoms with Gasteiger partial charge in [0.1, 0.15) is 0 Å². The van der Waals surface area contributed by atoms with E-state index in [1.807, 2.05) is 6.26 Å². The molecule has 8 heteroatoms. The number of halogens is 1. The fraction of sp³-hybridized carbons (Fsp3) is 0.462. The van der Waals surface area contributed by atoms with E-state index in [-0.39, 0.29) is 23.9 Å². The number of hydrogen-bond acceptors (Lipinski definition) is 4. The van der Waals surface area contributed by atoms with Gasteiger partial charge in [0.2, 0.25) is 10.0 Å². The second kappa shape index (κ2) is 6.16. The predicted molar refractivity (Wildman–Crippen MR) is 82.3 cm³/mol. The molecular formula is C13H16ClNO4S2. The fourth-order valence-corrected chi connectivity index (χ4v) is 4.92. The van der Waals surface area contributed by atoms with Crippen molar-refractivity contribution in [3.05, 3.63) is 23.2 Å². The van der Waals surface area contributed by atoms with E-state index in [0.29, 0.717) is 5.02 Å². The predicted octanol–water partition coefficient (Wildman–Crippen LogP) is 2.40. The lowest BCUT2D eigenvalue weighted by atomic mass is 9.99. The van der Waals surface area contributed by atoms with Crippen molar-refractivity contribution in [1.82, 2.24) is 4.31 Å². The first-order chi connectivity index (χ1) is 9.77. The second-order valence-electron chi connectivity index (χ2n) is 5.04. The Hall–Kier alpha value is -0.760. The smallest absolute Gasteiger partial charge is 0.308 e. The minimum atomic E-state index is -3.71. The van der Waals surface area contributed by atoms with E-state index in [9.17, 15) is 13.2 Å². The van der Waals surface area contributed by atoms with Crippen LogP contribution in [0.3, 0.4) is 0 Å². The molecule has 1 aliphatic heterocycles. The van der Waals surface area contributed by atoms with E-state index in [0.717, 1.165) is 4.90 Å². The van der Waals surface area contributed by atoms with E-state index < -0.39 is 21.9 Å². The lowest BCUT2D eigenvalue weighted by molar-refractivity contribution is -0.142. The molecule has 0 radical (unpaired) electrons. The third kappa shape index (κ3) is 3.21. The summed E-state index contributed by atoms with van der Waals surface area (Å²) in [5.74, 6) is -1.84. The van der Waals surface area contributed by atoms with Gasteiger partial charge < -0.3 is 5.11 Å². The molecule has 1 aliphatic rings. The number of sulfonamides is 1. The zero-order chi connectivity index (χ0) is 15.8. The molecule has 116 valence electrons. The van der Waals surface area contributed by atoms with Crippen LogP contribution < -0.4 is 0 Å². The molecule has 21 heavy (non-hydrogen) atoms. The molecule has 1 aromatic carbocycles. The molecule has 1 aromatic rings. The number of rotatable bonds is 4. The maximum absolute atomic E-state index is 12.6. The summed E-state index contributed by atoms with van der Waals surface area (Å²) in [7, 11) is -3.71. The van der Waals surface area contributed by atoms with Crippen LogP contribution in [0.25, 0.3) is 0 Å². The van der Waals surface area contributed by atoms with Crippen molar-refractivity contribution in [2.24, 2.45) is 11.8 Å². The lowest BCUT2D eigenvalue weighted by Gasteiger charge is -2.16. The number of nitrogens with zero attached hydrogens (tertiary/aromatic N) is 1. The highest BCUT2D eigenvalue weighted by molar-refractivity contribution is 7.98. The van der Waals surface area contributed by atoms with Crippen molar-refractivity contribution < 1.29 is 18.3 Å². The maximum atomic E-state index is 12.6. The number of thioether (sulfide) groups is 1. The molecule has 2 rings (SSSR count). The summed E-state index contributed by atoms with van der Waals surface area (Å²) in [6.45, 7) is 1.96. The SMILES string of the molecule is CSc1ccc(S(=O)(=O)N2C[C@@H](C)[C@H](C(=O)O)C2)cc1Cl. The van der Waals surface area contributed by atoms with Crippen LogP contribution in [0, 0.1) is 11.8 Å². The minimum absolute atomic E-state index is 0.000726. The Labute approximate surface area is 133 Å². The van der Waals surface area contributed by atoms with E-state index in [2.05, 4.69) is 0 Å². The number of carboxylic acid groups (broad SMARTS) is 1. The van der Waals surface area contributed by atoms with E-state index in [1.54, 1.807) is 13.0 Å². The molecule has 0 unspecified atom stereocenters. The highest BCUT2D eigenvalue weighted by Crippen LogP contribution is 2.32. The Morgan fingerprint density at radius 2 is 2.10 bits per heavy atom. The van der Waals surface area contributed by atoms with Crippen molar-refractivity contribution in [2.75, 3.05) is 19.3 Å². The third-order valence-corrected chi connectivity index (χ3v) is 6.71. The van der Waals surface area contributed by atoms with Gasteiger partial charge in [-0.05, 0) is 30.4 Å². The number of carbonyl (C=O) groups is 1. The molecule has 1 N–H and O–H groups in total. The van der Waals surface area contributed by atoms with Crippen LogP contribution in [0.5, 0.6) is 0 Å². The Balaban J connectivity index is 2.31. The summed E-state index contributed by atoms with van der Waals surface area (Å²) in [6.07, 6.45) is 1.86. The van der Waals surface area contributed by atoms with Crippen LogP contribution in [0.2, 0.25) is 5.02 Å². The van der Waals surface area contributed by atoms with Gasteiger partial charge in [0, 0.05) is 18.0 Å². The average Bonchev–Trinajstić information content (AvgIpc) is 2.81. The number of benzene rings is 1. The quantitative estimate of drug-likeness (QED) is 0.845.